The van der Waals surface area contributed by atoms with Gasteiger partial charge in [-0.2, -0.15) is 0 Å². The number of hydrogen-bond donors (Lipinski definition) is 2. The van der Waals surface area contributed by atoms with Gasteiger partial charge in [0.15, 0.2) is 5.82 Å². The third-order valence-corrected chi connectivity index (χ3v) is 4.29. The Hall–Kier alpha value is -3.04. The van der Waals surface area contributed by atoms with Crippen LogP contribution in [0.25, 0.3) is 22.3 Å². The van der Waals surface area contributed by atoms with Crippen LogP contribution in [-0.2, 0) is 11.3 Å². The number of aromatic nitrogens is 4. The zero-order valence-electron chi connectivity index (χ0n) is 18.6. The topological polar surface area (TPSA) is 111 Å². The summed E-state index contributed by atoms with van der Waals surface area (Å²) in [6.07, 6.45) is 4.21. The highest BCUT2D eigenvalue weighted by Crippen LogP contribution is 2.22. The largest absolute Gasteiger partial charge is 0.481 e. The molecule has 9 nitrogen and oxygen atoms in total. The van der Waals surface area contributed by atoms with E-state index < -0.39 is 0 Å². The Kier molecular flexibility index (Phi) is 9.86. The number of rotatable bonds is 10. The van der Waals surface area contributed by atoms with E-state index in [0.717, 1.165) is 12.0 Å². The van der Waals surface area contributed by atoms with Crippen LogP contribution in [0.15, 0.2) is 35.4 Å². The fourth-order valence-electron chi connectivity index (χ4n) is 2.87. The van der Waals surface area contributed by atoms with Crippen molar-refractivity contribution in [1.82, 2.24) is 19.5 Å². The van der Waals surface area contributed by atoms with Crippen molar-refractivity contribution in [2.75, 3.05) is 38.8 Å². The van der Waals surface area contributed by atoms with Crippen LogP contribution in [0.3, 0.4) is 0 Å². The molecule has 3 rings (SSSR count). The van der Waals surface area contributed by atoms with E-state index in [1.165, 1.54) is 0 Å². The molecule has 0 saturated carbocycles. The van der Waals surface area contributed by atoms with Crippen LogP contribution in [0, 0.1) is 0 Å². The molecule has 0 bridgehead atoms. The van der Waals surface area contributed by atoms with Crippen molar-refractivity contribution in [3.05, 3.63) is 40.9 Å². The first kappa shape index (κ1) is 24.2. The summed E-state index contributed by atoms with van der Waals surface area (Å²) in [6.45, 7) is 7.61. The van der Waals surface area contributed by atoms with Crippen LogP contribution >= 0.6 is 0 Å². The summed E-state index contributed by atoms with van der Waals surface area (Å²) in [4.78, 5) is 26.0. The van der Waals surface area contributed by atoms with Gasteiger partial charge in [0.25, 0.3) is 5.56 Å². The highest BCUT2D eigenvalue weighted by Gasteiger charge is 2.13. The molecule has 3 heterocycles. The minimum Gasteiger partial charge on any atom is -0.481 e. The van der Waals surface area contributed by atoms with Crippen molar-refractivity contribution < 1.29 is 14.6 Å². The van der Waals surface area contributed by atoms with E-state index in [1.807, 2.05) is 32.9 Å². The summed E-state index contributed by atoms with van der Waals surface area (Å²) in [5.74, 6) is 0.698. The van der Waals surface area contributed by atoms with Crippen molar-refractivity contribution >= 4 is 16.9 Å². The summed E-state index contributed by atoms with van der Waals surface area (Å²) in [7, 11) is 1.56. The van der Waals surface area contributed by atoms with Crippen molar-refractivity contribution in [1.29, 1.82) is 0 Å². The number of nitrogens with one attached hydrogen (secondary N) is 1. The number of pyridine rings is 2. The van der Waals surface area contributed by atoms with Crippen molar-refractivity contribution in [2.45, 2.75) is 33.7 Å². The van der Waals surface area contributed by atoms with Crippen LogP contribution in [0.4, 0.5) is 5.82 Å². The van der Waals surface area contributed by atoms with Gasteiger partial charge >= 0.3 is 0 Å². The third kappa shape index (κ3) is 6.22. The first-order valence-corrected chi connectivity index (χ1v) is 10.5. The van der Waals surface area contributed by atoms with Crippen LogP contribution in [-0.4, -0.2) is 58.1 Å². The van der Waals surface area contributed by atoms with Gasteiger partial charge in [-0.25, -0.2) is 9.97 Å². The molecule has 3 aromatic rings. The second kappa shape index (κ2) is 12.6. The first-order valence-electron chi connectivity index (χ1n) is 10.5. The average Bonchev–Trinajstić information content (AvgIpc) is 2.83. The Morgan fingerprint density at radius 1 is 1.16 bits per heavy atom. The lowest BCUT2D eigenvalue weighted by atomic mass is 10.2. The molecule has 9 heteroatoms. The van der Waals surface area contributed by atoms with Gasteiger partial charge in [0.2, 0.25) is 5.88 Å². The molecule has 0 saturated heterocycles. The molecule has 168 valence electrons. The fraction of sp³-hybridized carbons (Fsp3) is 0.455. The maximum atomic E-state index is 12.9. The summed E-state index contributed by atoms with van der Waals surface area (Å²) >= 11 is 0. The molecule has 0 unspecified atom stereocenters. The van der Waals surface area contributed by atoms with Gasteiger partial charge in [-0.3, -0.25) is 9.78 Å². The number of fused-ring (bicyclic) bond motifs is 1. The van der Waals surface area contributed by atoms with Crippen LogP contribution in [0.5, 0.6) is 5.88 Å². The molecule has 0 aliphatic carbocycles. The molecule has 3 aromatic heterocycles. The Morgan fingerprint density at radius 2 is 1.97 bits per heavy atom. The predicted octanol–water partition coefficient (Wildman–Crippen LogP) is 2.72. The van der Waals surface area contributed by atoms with E-state index in [-0.39, 0.29) is 24.5 Å². The number of anilines is 1. The Balaban J connectivity index is 0.00000166. The molecular formula is C22H31N5O4. The standard InChI is InChI=1S/C20H25N5O4.C2H6/c1-3-9-29-10-7-25-17-11-15(14-4-5-18(28-2)23-12-14)22-13-16(17)24-19(20(25)27)21-6-8-26;1-2/h4-5,11-13,26H,3,6-10H2,1-2H3,(H,21,24);1-2H3. The molecule has 0 spiro atoms. The second-order valence-corrected chi connectivity index (χ2v) is 6.33. The van der Waals surface area contributed by atoms with Crippen molar-refractivity contribution in [3.63, 3.8) is 0 Å². The Morgan fingerprint density at radius 3 is 2.61 bits per heavy atom. The number of aliphatic hydroxyl groups excluding tert-OH is 1. The number of hydrogen-bond acceptors (Lipinski definition) is 8. The van der Waals surface area contributed by atoms with Gasteiger partial charge in [0.05, 0.1) is 37.7 Å². The highest BCUT2D eigenvalue weighted by molar-refractivity contribution is 5.80. The predicted molar refractivity (Wildman–Crippen MR) is 122 cm³/mol. The lowest BCUT2D eigenvalue weighted by Crippen LogP contribution is -2.28. The summed E-state index contributed by atoms with van der Waals surface area (Å²) in [5.41, 5.74) is 2.44. The summed E-state index contributed by atoms with van der Waals surface area (Å²) < 4.78 is 12.3. The highest BCUT2D eigenvalue weighted by atomic mass is 16.5. The van der Waals surface area contributed by atoms with Gasteiger partial charge in [0, 0.05) is 37.5 Å². The van der Waals surface area contributed by atoms with Gasteiger partial charge < -0.3 is 24.5 Å². The number of ether oxygens (including phenoxy) is 2. The minimum absolute atomic E-state index is 0.0968. The molecule has 0 aromatic carbocycles. The molecule has 0 atom stereocenters. The van der Waals surface area contributed by atoms with Gasteiger partial charge in [0.1, 0.15) is 5.52 Å². The zero-order chi connectivity index (χ0) is 22.6. The molecule has 0 amide bonds. The monoisotopic (exact) mass is 429 g/mol. The van der Waals surface area contributed by atoms with E-state index in [0.29, 0.717) is 42.4 Å². The van der Waals surface area contributed by atoms with Crippen LogP contribution < -0.4 is 15.6 Å². The summed E-state index contributed by atoms with van der Waals surface area (Å²) in [5, 5.41) is 11.9. The maximum Gasteiger partial charge on any atom is 0.293 e. The normalized spacial score (nSPS) is 10.5. The third-order valence-electron chi connectivity index (χ3n) is 4.29. The lowest BCUT2D eigenvalue weighted by molar-refractivity contribution is 0.127. The number of aliphatic hydroxyl groups is 1. The quantitative estimate of drug-likeness (QED) is 0.473. The fourth-order valence-corrected chi connectivity index (χ4v) is 2.87. The maximum absolute atomic E-state index is 12.9. The minimum atomic E-state index is -0.268. The van der Waals surface area contributed by atoms with Crippen molar-refractivity contribution in [2.24, 2.45) is 0 Å². The lowest BCUT2D eigenvalue weighted by Gasteiger charge is -2.14. The van der Waals surface area contributed by atoms with Gasteiger partial charge in [-0.05, 0) is 18.6 Å². The van der Waals surface area contributed by atoms with Crippen LogP contribution in [0.1, 0.15) is 27.2 Å². The van der Waals surface area contributed by atoms with E-state index in [9.17, 15) is 4.79 Å². The van der Waals surface area contributed by atoms with E-state index in [1.54, 1.807) is 30.1 Å². The van der Waals surface area contributed by atoms with E-state index >= 15 is 0 Å². The molecule has 2 N–H and O–H groups in total. The molecule has 31 heavy (non-hydrogen) atoms. The Labute approximate surface area is 182 Å². The van der Waals surface area contributed by atoms with E-state index in [4.69, 9.17) is 14.6 Å². The first-order chi connectivity index (χ1) is 15.2. The molecule has 0 fully saturated rings. The molecule has 0 aliphatic heterocycles. The molecule has 0 aliphatic rings. The Bertz CT molecular complexity index is 1010. The average molecular weight is 430 g/mol. The van der Waals surface area contributed by atoms with E-state index in [2.05, 4.69) is 20.3 Å². The van der Waals surface area contributed by atoms with Gasteiger partial charge in [-0.1, -0.05) is 20.8 Å². The number of nitrogens with zero attached hydrogens (tertiary/aromatic N) is 4. The SMILES string of the molecule is CC.CCCOCCn1c(=O)c(NCCO)nc2cnc(-c3ccc(OC)nc3)cc21. The number of methoxy groups -OCH3 is 1. The zero-order valence-corrected chi connectivity index (χ0v) is 18.6. The molecule has 0 radical (unpaired) electrons. The van der Waals surface area contributed by atoms with Crippen LogP contribution in [0.2, 0.25) is 0 Å². The molecular weight excluding hydrogens is 398 g/mol. The van der Waals surface area contributed by atoms with Crippen molar-refractivity contribution in [3.8, 4) is 17.1 Å². The van der Waals surface area contributed by atoms with Gasteiger partial charge in [-0.15, -0.1) is 0 Å². The smallest absolute Gasteiger partial charge is 0.293 e. The second-order valence-electron chi connectivity index (χ2n) is 6.33. The summed E-state index contributed by atoms with van der Waals surface area (Å²) in [6, 6.07) is 5.44.